The summed E-state index contributed by atoms with van der Waals surface area (Å²) in [5, 5.41) is 3.63. The Morgan fingerprint density at radius 2 is 2.15 bits per heavy atom. The molecule has 1 spiro atoms. The molecule has 2 aliphatic heterocycles. The molecular formula is C10H20N2O. The van der Waals surface area contributed by atoms with Crippen molar-refractivity contribution < 1.29 is 4.74 Å². The largest absolute Gasteiger partial charge is 0.359 e. The highest BCUT2D eigenvalue weighted by Crippen LogP contribution is 2.28. The third-order valence-corrected chi connectivity index (χ3v) is 3.32. The van der Waals surface area contributed by atoms with Crippen molar-refractivity contribution in [3.63, 3.8) is 0 Å². The molecule has 0 aromatic carbocycles. The van der Waals surface area contributed by atoms with Gasteiger partial charge in [-0.3, -0.25) is 5.32 Å². The summed E-state index contributed by atoms with van der Waals surface area (Å²) in [7, 11) is 2.18. The molecule has 3 nitrogen and oxygen atoms in total. The minimum atomic E-state index is 0.0349. The van der Waals surface area contributed by atoms with Crippen molar-refractivity contribution in [1.82, 2.24) is 10.2 Å². The molecule has 1 atom stereocenters. The molecular weight excluding hydrogens is 164 g/mol. The van der Waals surface area contributed by atoms with Gasteiger partial charge >= 0.3 is 0 Å². The van der Waals surface area contributed by atoms with Crippen molar-refractivity contribution in [1.29, 1.82) is 0 Å². The average molecular weight is 184 g/mol. The Balaban J connectivity index is 1.92. The molecule has 2 rings (SSSR count). The Kier molecular flexibility index (Phi) is 2.58. The molecule has 1 unspecified atom stereocenters. The molecule has 0 saturated carbocycles. The molecule has 0 amide bonds. The molecule has 3 heteroatoms. The van der Waals surface area contributed by atoms with Crippen LogP contribution in [0.15, 0.2) is 0 Å². The van der Waals surface area contributed by atoms with E-state index in [0.29, 0.717) is 6.04 Å². The fourth-order valence-electron chi connectivity index (χ4n) is 2.20. The lowest BCUT2D eigenvalue weighted by atomic mass is 10.0. The monoisotopic (exact) mass is 184 g/mol. The van der Waals surface area contributed by atoms with Crippen LogP contribution in [0.5, 0.6) is 0 Å². The minimum Gasteiger partial charge on any atom is -0.359 e. The Hall–Kier alpha value is -0.120. The van der Waals surface area contributed by atoms with E-state index >= 15 is 0 Å². The van der Waals surface area contributed by atoms with Gasteiger partial charge in [-0.1, -0.05) is 6.92 Å². The summed E-state index contributed by atoms with van der Waals surface area (Å²) in [6.07, 6.45) is 3.46. The fourth-order valence-corrected chi connectivity index (χ4v) is 2.20. The van der Waals surface area contributed by atoms with E-state index in [1.54, 1.807) is 0 Å². The molecule has 0 radical (unpaired) electrons. The van der Waals surface area contributed by atoms with Crippen LogP contribution in [0.25, 0.3) is 0 Å². The van der Waals surface area contributed by atoms with Gasteiger partial charge in [0.2, 0.25) is 0 Å². The van der Waals surface area contributed by atoms with Crippen LogP contribution >= 0.6 is 0 Å². The van der Waals surface area contributed by atoms with Gasteiger partial charge in [0, 0.05) is 32.0 Å². The SMILES string of the molecule is CCC1COC2(CCN(C)CC2)N1. The maximum Gasteiger partial charge on any atom is 0.122 e. The van der Waals surface area contributed by atoms with Crippen LogP contribution in [0.2, 0.25) is 0 Å². The van der Waals surface area contributed by atoms with Crippen LogP contribution in [-0.4, -0.2) is 43.4 Å². The lowest BCUT2D eigenvalue weighted by Gasteiger charge is -2.37. The third kappa shape index (κ3) is 1.87. The molecule has 0 aromatic rings. The van der Waals surface area contributed by atoms with Crippen molar-refractivity contribution in [2.45, 2.75) is 38.0 Å². The zero-order chi connectivity index (χ0) is 9.31. The van der Waals surface area contributed by atoms with E-state index in [0.717, 1.165) is 32.5 Å². The van der Waals surface area contributed by atoms with Crippen LogP contribution in [0.3, 0.4) is 0 Å². The van der Waals surface area contributed by atoms with E-state index in [2.05, 4.69) is 24.2 Å². The topological polar surface area (TPSA) is 24.5 Å². The normalized spacial score (nSPS) is 34.2. The van der Waals surface area contributed by atoms with Crippen molar-refractivity contribution in [3.8, 4) is 0 Å². The quantitative estimate of drug-likeness (QED) is 0.652. The summed E-state index contributed by atoms with van der Waals surface area (Å²) in [5.41, 5.74) is 0.0349. The number of ether oxygens (including phenoxy) is 1. The van der Waals surface area contributed by atoms with Crippen LogP contribution in [-0.2, 0) is 4.74 Å². The van der Waals surface area contributed by atoms with E-state index in [9.17, 15) is 0 Å². The average Bonchev–Trinajstić information content (AvgIpc) is 2.55. The zero-order valence-electron chi connectivity index (χ0n) is 8.68. The van der Waals surface area contributed by atoms with Gasteiger partial charge in [-0.15, -0.1) is 0 Å². The predicted octanol–water partition coefficient (Wildman–Crippen LogP) is 0.807. The lowest BCUT2D eigenvalue weighted by molar-refractivity contribution is -0.0523. The van der Waals surface area contributed by atoms with Crippen molar-refractivity contribution in [2.24, 2.45) is 0 Å². The minimum absolute atomic E-state index is 0.0349. The standard InChI is InChI=1S/C10H20N2O/c1-3-9-8-13-10(11-9)4-6-12(2)7-5-10/h9,11H,3-8H2,1-2H3. The highest BCUT2D eigenvalue weighted by atomic mass is 16.5. The molecule has 0 aromatic heterocycles. The number of nitrogens with one attached hydrogen (secondary N) is 1. The first kappa shape index (κ1) is 9.44. The Labute approximate surface area is 80.4 Å². The molecule has 2 saturated heterocycles. The summed E-state index contributed by atoms with van der Waals surface area (Å²) in [5.74, 6) is 0. The molecule has 2 aliphatic rings. The van der Waals surface area contributed by atoms with Crippen molar-refractivity contribution in [2.75, 3.05) is 26.7 Å². The Morgan fingerprint density at radius 1 is 1.46 bits per heavy atom. The third-order valence-electron chi connectivity index (χ3n) is 3.32. The number of nitrogens with zero attached hydrogens (tertiary/aromatic N) is 1. The smallest absolute Gasteiger partial charge is 0.122 e. The highest BCUT2D eigenvalue weighted by molar-refractivity contribution is 4.92. The van der Waals surface area contributed by atoms with E-state index in [1.165, 1.54) is 6.42 Å². The zero-order valence-corrected chi connectivity index (χ0v) is 8.68. The van der Waals surface area contributed by atoms with Gasteiger partial charge < -0.3 is 9.64 Å². The van der Waals surface area contributed by atoms with Gasteiger partial charge in [0.05, 0.1) is 6.61 Å². The second-order valence-electron chi connectivity index (χ2n) is 4.36. The van der Waals surface area contributed by atoms with Crippen LogP contribution in [0, 0.1) is 0 Å². The summed E-state index contributed by atoms with van der Waals surface area (Å²) in [6.45, 7) is 5.43. The van der Waals surface area contributed by atoms with Crippen LogP contribution < -0.4 is 5.32 Å². The summed E-state index contributed by atoms with van der Waals surface area (Å²) in [6, 6.07) is 0.586. The van der Waals surface area contributed by atoms with Gasteiger partial charge in [-0.05, 0) is 13.5 Å². The number of piperidine rings is 1. The molecule has 2 fully saturated rings. The number of likely N-dealkylation sites (tertiary alicyclic amines) is 1. The first-order valence-corrected chi connectivity index (χ1v) is 5.34. The summed E-state index contributed by atoms with van der Waals surface area (Å²) >= 11 is 0. The van der Waals surface area contributed by atoms with Gasteiger partial charge in [-0.25, -0.2) is 0 Å². The fraction of sp³-hybridized carbons (Fsp3) is 1.00. The van der Waals surface area contributed by atoms with E-state index in [1.807, 2.05) is 0 Å². The summed E-state index contributed by atoms with van der Waals surface area (Å²) < 4.78 is 5.90. The number of hydrogen-bond acceptors (Lipinski definition) is 3. The van der Waals surface area contributed by atoms with Gasteiger partial charge in [0.15, 0.2) is 0 Å². The molecule has 2 heterocycles. The number of rotatable bonds is 1. The number of hydrogen-bond donors (Lipinski definition) is 1. The molecule has 1 N–H and O–H groups in total. The van der Waals surface area contributed by atoms with Gasteiger partial charge in [-0.2, -0.15) is 0 Å². The van der Waals surface area contributed by atoms with Crippen molar-refractivity contribution >= 4 is 0 Å². The Bertz CT molecular complexity index is 176. The summed E-state index contributed by atoms with van der Waals surface area (Å²) in [4.78, 5) is 2.37. The molecule has 76 valence electrons. The van der Waals surface area contributed by atoms with Crippen molar-refractivity contribution in [3.05, 3.63) is 0 Å². The van der Waals surface area contributed by atoms with E-state index in [-0.39, 0.29) is 5.72 Å². The second kappa shape index (κ2) is 3.56. The second-order valence-corrected chi connectivity index (χ2v) is 4.36. The molecule has 0 bridgehead atoms. The molecule has 13 heavy (non-hydrogen) atoms. The van der Waals surface area contributed by atoms with Crippen LogP contribution in [0.1, 0.15) is 26.2 Å². The van der Waals surface area contributed by atoms with Gasteiger partial charge in [0.1, 0.15) is 5.72 Å². The van der Waals surface area contributed by atoms with Crippen LogP contribution in [0.4, 0.5) is 0 Å². The molecule has 0 aliphatic carbocycles. The van der Waals surface area contributed by atoms with Gasteiger partial charge in [0.25, 0.3) is 0 Å². The highest BCUT2D eigenvalue weighted by Gasteiger charge is 2.40. The maximum atomic E-state index is 5.90. The predicted molar refractivity (Wildman–Crippen MR) is 52.6 cm³/mol. The lowest BCUT2D eigenvalue weighted by Crippen LogP contribution is -2.51. The maximum absolute atomic E-state index is 5.90. The van der Waals surface area contributed by atoms with E-state index in [4.69, 9.17) is 4.74 Å². The van der Waals surface area contributed by atoms with E-state index < -0.39 is 0 Å². The first-order chi connectivity index (χ1) is 6.24. The Morgan fingerprint density at radius 3 is 2.69 bits per heavy atom. The first-order valence-electron chi connectivity index (χ1n) is 5.34.